The summed E-state index contributed by atoms with van der Waals surface area (Å²) in [6.07, 6.45) is -0.172. The highest BCUT2D eigenvalue weighted by Gasteiger charge is 2.18. The number of amides is 2. The van der Waals surface area contributed by atoms with Crippen molar-refractivity contribution < 1.29 is 28.5 Å². The van der Waals surface area contributed by atoms with Crippen LogP contribution in [0.2, 0.25) is 0 Å². The van der Waals surface area contributed by atoms with Crippen LogP contribution in [0, 0.1) is 0 Å². The number of carbonyl (C=O) groups is 2. The van der Waals surface area contributed by atoms with Crippen LogP contribution in [0.1, 0.15) is 22.8 Å². The van der Waals surface area contributed by atoms with E-state index >= 15 is 0 Å². The lowest BCUT2D eigenvalue weighted by molar-refractivity contribution is -0.127. The van der Waals surface area contributed by atoms with Gasteiger partial charge in [-0.3, -0.25) is 9.59 Å². The van der Waals surface area contributed by atoms with Crippen LogP contribution in [-0.4, -0.2) is 51.8 Å². The summed E-state index contributed by atoms with van der Waals surface area (Å²) >= 11 is 0. The van der Waals surface area contributed by atoms with Crippen LogP contribution < -0.4 is 29.6 Å². The van der Waals surface area contributed by atoms with E-state index in [2.05, 4.69) is 10.6 Å². The molecular formula is C28H32N2O6. The third-order valence-corrected chi connectivity index (χ3v) is 5.37. The topological polar surface area (TPSA) is 95.1 Å². The second kappa shape index (κ2) is 13.6. The van der Waals surface area contributed by atoms with Gasteiger partial charge in [0.1, 0.15) is 18.1 Å². The Morgan fingerprint density at radius 3 is 2.28 bits per heavy atom. The van der Waals surface area contributed by atoms with Gasteiger partial charge in [0.05, 0.1) is 26.3 Å². The van der Waals surface area contributed by atoms with E-state index in [1.807, 2.05) is 48.5 Å². The van der Waals surface area contributed by atoms with E-state index in [0.717, 1.165) is 11.3 Å². The minimum atomic E-state index is -0.786. The summed E-state index contributed by atoms with van der Waals surface area (Å²) < 4.78 is 22.0. The van der Waals surface area contributed by atoms with Gasteiger partial charge in [0.15, 0.2) is 17.6 Å². The molecule has 2 amide bonds. The van der Waals surface area contributed by atoms with Crippen LogP contribution in [0.15, 0.2) is 72.8 Å². The second-order valence-electron chi connectivity index (χ2n) is 7.90. The molecule has 0 bridgehead atoms. The summed E-state index contributed by atoms with van der Waals surface area (Å²) in [5, 5.41) is 5.69. The average Bonchev–Trinajstić information content (AvgIpc) is 2.91. The number of benzene rings is 3. The van der Waals surface area contributed by atoms with E-state index in [4.69, 9.17) is 18.9 Å². The molecule has 0 unspecified atom stereocenters. The zero-order valence-electron chi connectivity index (χ0n) is 20.8. The molecule has 190 valence electrons. The van der Waals surface area contributed by atoms with E-state index in [0.29, 0.717) is 48.9 Å². The molecule has 2 N–H and O–H groups in total. The van der Waals surface area contributed by atoms with Crippen LogP contribution >= 0.6 is 0 Å². The number of carbonyl (C=O) groups excluding carboxylic acids is 2. The smallest absolute Gasteiger partial charge is 0.260 e. The number of para-hydroxylation sites is 2. The minimum absolute atomic E-state index is 0.276. The normalized spacial score (nSPS) is 11.2. The number of hydrogen-bond donors (Lipinski definition) is 2. The molecule has 0 saturated heterocycles. The highest BCUT2D eigenvalue weighted by molar-refractivity contribution is 5.97. The molecule has 0 saturated carbocycles. The number of ether oxygens (including phenoxy) is 4. The highest BCUT2D eigenvalue weighted by atomic mass is 16.5. The molecule has 0 aromatic heterocycles. The summed E-state index contributed by atoms with van der Waals surface area (Å²) in [6, 6.07) is 21.8. The van der Waals surface area contributed by atoms with Crippen molar-refractivity contribution in [3.05, 3.63) is 83.9 Å². The van der Waals surface area contributed by atoms with Crippen molar-refractivity contribution in [2.24, 2.45) is 0 Å². The summed E-state index contributed by atoms with van der Waals surface area (Å²) in [4.78, 5) is 25.3. The first-order valence-electron chi connectivity index (χ1n) is 11.7. The monoisotopic (exact) mass is 492 g/mol. The molecule has 3 aromatic carbocycles. The molecule has 0 fully saturated rings. The first-order valence-corrected chi connectivity index (χ1v) is 11.7. The molecule has 8 heteroatoms. The third-order valence-electron chi connectivity index (χ3n) is 5.37. The van der Waals surface area contributed by atoms with Gasteiger partial charge in [-0.25, -0.2) is 0 Å². The summed E-state index contributed by atoms with van der Waals surface area (Å²) in [5.41, 5.74) is 1.35. The van der Waals surface area contributed by atoms with Gasteiger partial charge in [0, 0.05) is 6.54 Å². The fourth-order valence-corrected chi connectivity index (χ4v) is 3.46. The van der Waals surface area contributed by atoms with Crippen LogP contribution in [0.3, 0.4) is 0 Å². The van der Waals surface area contributed by atoms with Gasteiger partial charge in [-0.1, -0.05) is 36.4 Å². The van der Waals surface area contributed by atoms with E-state index in [1.54, 1.807) is 45.4 Å². The van der Waals surface area contributed by atoms with Crippen molar-refractivity contribution in [3.63, 3.8) is 0 Å². The fourth-order valence-electron chi connectivity index (χ4n) is 3.46. The van der Waals surface area contributed by atoms with E-state index in [-0.39, 0.29) is 11.8 Å². The van der Waals surface area contributed by atoms with Crippen molar-refractivity contribution in [2.75, 3.05) is 33.9 Å². The maximum absolute atomic E-state index is 12.7. The lowest BCUT2D eigenvalue weighted by Gasteiger charge is -2.17. The highest BCUT2D eigenvalue weighted by Crippen LogP contribution is 2.27. The molecule has 3 aromatic rings. The number of rotatable bonds is 13. The van der Waals surface area contributed by atoms with Gasteiger partial charge in [0.25, 0.3) is 11.8 Å². The molecule has 0 aliphatic heterocycles. The largest absolute Gasteiger partial charge is 0.493 e. The molecular weight excluding hydrogens is 460 g/mol. The predicted molar refractivity (Wildman–Crippen MR) is 137 cm³/mol. The van der Waals surface area contributed by atoms with Gasteiger partial charge < -0.3 is 29.6 Å². The Labute approximate surface area is 211 Å². The number of nitrogens with one attached hydrogen (secondary N) is 2. The van der Waals surface area contributed by atoms with Gasteiger partial charge in [-0.15, -0.1) is 0 Å². The molecule has 0 aliphatic carbocycles. The molecule has 36 heavy (non-hydrogen) atoms. The van der Waals surface area contributed by atoms with Crippen LogP contribution in [0.4, 0.5) is 0 Å². The second-order valence-corrected chi connectivity index (χ2v) is 7.90. The Morgan fingerprint density at radius 2 is 1.53 bits per heavy atom. The summed E-state index contributed by atoms with van der Waals surface area (Å²) in [6.45, 7) is 2.73. The molecule has 1 atom stereocenters. The molecule has 0 heterocycles. The van der Waals surface area contributed by atoms with Crippen molar-refractivity contribution in [1.29, 1.82) is 0 Å². The van der Waals surface area contributed by atoms with Gasteiger partial charge in [0.2, 0.25) is 0 Å². The van der Waals surface area contributed by atoms with E-state index < -0.39 is 6.10 Å². The summed E-state index contributed by atoms with van der Waals surface area (Å²) in [7, 11) is 3.17. The maximum Gasteiger partial charge on any atom is 0.260 e. The van der Waals surface area contributed by atoms with Crippen molar-refractivity contribution in [3.8, 4) is 23.0 Å². The first kappa shape index (κ1) is 26.4. The summed E-state index contributed by atoms with van der Waals surface area (Å²) in [5.74, 6) is 1.78. The molecule has 0 aliphatic rings. The first-order chi connectivity index (χ1) is 17.5. The Kier molecular flexibility index (Phi) is 10.00. The van der Waals surface area contributed by atoms with Crippen molar-refractivity contribution in [1.82, 2.24) is 10.6 Å². The lowest BCUT2D eigenvalue weighted by Crippen LogP contribution is -2.38. The SMILES string of the molecule is COc1ccc(CCNC(=O)[C@@H](C)Oc2ccccc2C(=O)NCCOc2ccccc2)cc1OC. The quantitative estimate of drug-likeness (QED) is 0.354. The minimum Gasteiger partial charge on any atom is -0.493 e. The predicted octanol–water partition coefficient (Wildman–Crippen LogP) is 3.64. The average molecular weight is 493 g/mol. The van der Waals surface area contributed by atoms with Crippen molar-refractivity contribution in [2.45, 2.75) is 19.4 Å². The zero-order valence-corrected chi connectivity index (χ0v) is 20.8. The van der Waals surface area contributed by atoms with Crippen LogP contribution in [-0.2, 0) is 11.2 Å². The van der Waals surface area contributed by atoms with Crippen molar-refractivity contribution >= 4 is 11.8 Å². The van der Waals surface area contributed by atoms with Crippen LogP contribution in [0.5, 0.6) is 23.0 Å². The lowest BCUT2D eigenvalue weighted by atomic mass is 10.1. The van der Waals surface area contributed by atoms with Gasteiger partial charge >= 0.3 is 0 Å². The Morgan fingerprint density at radius 1 is 0.806 bits per heavy atom. The van der Waals surface area contributed by atoms with Gasteiger partial charge in [-0.2, -0.15) is 0 Å². The maximum atomic E-state index is 12.7. The zero-order chi connectivity index (χ0) is 25.8. The standard InChI is InChI=1S/C28H32N2O6/c1-20(27(31)29-16-15-21-13-14-25(33-2)26(19-21)34-3)36-24-12-8-7-11-23(24)28(32)30-17-18-35-22-9-5-4-6-10-22/h4-14,19-20H,15-18H2,1-3H3,(H,29,31)(H,30,32)/t20-/m1/s1. The fraction of sp³-hybridized carbons (Fsp3) is 0.286. The number of methoxy groups -OCH3 is 2. The molecule has 0 radical (unpaired) electrons. The molecule has 0 spiro atoms. The number of hydrogen-bond acceptors (Lipinski definition) is 6. The van der Waals surface area contributed by atoms with Gasteiger partial charge in [-0.05, 0) is 55.3 Å². The van der Waals surface area contributed by atoms with Crippen LogP contribution in [0.25, 0.3) is 0 Å². The Bertz CT molecular complexity index is 1140. The Hall–Kier alpha value is -4.20. The third kappa shape index (κ3) is 7.66. The molecule has 3 rings (SSSR count). The van der Waals surface area contributed by atoms with E-state index in [1.165, 1.54) is 0 Å². The Balaban J connectivity index is 1.47. The van der Waals surface area contributed by atoms with E-state index in [9.17, 15) is 9.59 Å². The molecule has 8 nitrogen and oxygen atoms in total.